The summed E-state index contributed by atoms with van der Waals surface area (Å²) in [7, 11) is 1.26. The lowest BCUT2D eigenvalue weighted by molar-refractivity contribution is -0.155. The van der Waals surface area contributed by atoms with Crippen LogP contribution < -0.4 is 5.23 Å². The summed E-state index contributed by atoms with van der Waals surface area (Å²) >= 11 is 0. The summed E-state index contributed by atoms with van der Waals surface area (Å²) in [5.41, 5.74) is 2.72. The number of aryl methyl sites for hydroxylation is 1. The number of hydrogen-bond donors (Lipinski definition) is 1. The zero-order valence-electron chi connectivity index (χ0n) is 19.8. The number of nitrogens with zero attached hydrogens (tertiary/aromatic N) is 1. The van der Waals surface area contributed by atoms with Gasteiger partial charge in [-0.05, 0) is 62.9 Å². The lowest BCUT2D eigenvalue weighted by atomic mass is 9.91. The van der Waals surface area contributed by atoms with Crippen LogP contribution in [0.3, 0.4) is 0 Å². The van der Waals surface area contributed by atoms with Crippen molar-refractivity contribution in [2.75, 3.05) is 0 Å². The molecule has 0 aliphatic carbocycles. The average Bonchev–Trinajstić information content (AvgIpc) is 3.01. The maximum atomic E-state index is 12.5. The van der Waals surface area contributed by atoms with Crippen LogP contribution >= 0.6 is 0 Å². The fourth-order valence-electron chi connectivity index (χ4n) is 3.67. The summed E-state index contributed by atoms with van der Waals surface area (Å²) in [5, 5.41) is 3.74. The van der Waals surface area contributed by atoms with Crippen molar-refractivity contribution in [3.05, 3.63) is 70.3 Å². The molecule has 0 aromatic heterocycles. The molecule has 9 heteroatoms. The van der Waals surface area contributed by atoms with E-state index in [0.29, 0.717) is 23.7 Å². The first kappa shape index (κ1) is 25.3. The zero-order valence-corrected chi connectivity index (χ0v) is 19.8. The molecule has 1 aliphatic heterocycles. The molecule has 0 bridgehead atoms. The van der Waals surface area contributed by atoms with Crippen LogP contribution in [0, 0.1) is 6.92 Å². The fourth-order valence-corrected chi connectivity index (χ4v) is 3.67. The molecule has 0 spiro atoms. The van der Waals surface area contributed by atoms with Crippen molar-refractivity contribution < 1.29 is 28.8 Å². The molecule has 1 atom stereocenters. The highest BCUT2D eigenvalue weighted by Gasteiger charge is 2.36. The molecule has 1 N–H and O–H groups in total. The van der Waals surface area contributed by atoms with Crippen molar-refractivity contribution in [2.24, 2.45) is 0 Å². The van der Waals surface area contributed by atoms with Crippen LogP contribution in [0.2, 0.25) is 0 Å². The van der Waals surface area contributed by atoms with Crippen LogP contribution in [0.15, 0.2) is 42.5 Å². The smallest absolute Gasteiger partial charge is 0.307 e. The average molecular weight is 463 g/mol. The van der Waals surface area contributed by atoms with Gasteiger partial charge in [0, 0.05) is 6.04 Å². The van der Waals surface area contributed by atoms with E-state index in [4.69, 9.17) is 9.57 Å². The molecule has 3 rings (SSSR count). The van der Waals surface area contributed by atoms with Crippen LogP contribution in [0.5, 0.6) is 0 Å². The van der Waals surface area contributed by atoms with E-state index in [1.807, 2.05) is 25.1 Å². The number of hydroxylamine groups is 2. The van der Waals surface area contributed by atoms with E-state index in [9.17, 15) is 19.2 Å². The molecule has 177 valence electrons. The van der Waals surface area contributed by atoms with Crippen molar-refractivity contribution in [1.29, 1.82) is 0 Å². The first-order chi connectivity index (χ1) is 16.1. The molecule has 2 aromatic rings. The molecule has 34 heavy (non-hydrogen) atoms. The predicted octanol–water partition coefficient (Wildman–Crippen LogP) is 2.76. The Morgan fingerprint density at radius 1 is 1.12 bits per heavy atom. The predicted molar refractivity (Wildman–Crippen MR) is 127 cm³/mol. The Hall–Kier alpha value is -3.30. The van der Waals surface area contributed by atoms with Gasteiger partial charge >= 0.3 is 5.97 Å². The number of esters is 1. The minimum absolute atomic E-state index is 0.0172. The minimum atomic E-state index is -0.604. The Bertz CT molecular complexity index is 1060. The molecule has 0 fully saturated rings. The highest BCUT2D eigenvalue weighted by molar-refractivity contribution is 6.64. The molecular formula is C25H28BN2O6. The molecule has 1 heterocycles. The number of hydrogen-bond acceptors (Lipinski definition) is 7. The van der Waals surface area contributed by atoms with Gasteiger partial charge in [-0.25, -0.2) is 0 Å². The summed E-state index contributed by atoms with van der Waals surface area (Å²) in [6, 6.07) is 11.9. The largest absolute Gasteiger partial charge is 0.460 e. The Morgan fingerprint density at radius 3 is 2.35 bits per heavy atom. The van der Waals surface area contributed by atoms with Gasteiger partial charge in [0.15, 0.2) is 0 Å². The maximum Gasteiger partial charge on any atom is 0.307 e. The third-order valence-electron chi connectivity index (χ3n) is 5.23. The van der Waals surface area contributed by atoms with Crippen molar-refractivity contribution in [2.45, 2.75) is 58.8 Å². The van der Waals surface area contributed by atoms with Gasteiger partial charge in [0.1, 0.15) is 12.2 Å². The van der Waals surface area contributed by atoms with E-state index in [1.165, 1.54) is 7.41 Å². The molecule has 2 aromatic carbocycles. The molecule has 1 aliphatic rings. The van der Waals surface area contributed by atoms with Crippen molar-refractivity contribution in [3.8, 4) is 0 Å². The number of imide groups is 1. The Kier molecular flexibility index (Phi) is 8.01. The summed E-state index contributed by atoms with van der Waals surface area (Å²) in [6.07, 6.45) is 1.16. The maximum absolute atomic E-state index is 12.5. The Balaban J connectivity index is 1.68. The quantitative estimate of drug-likeness (QED) is 0.250. The molecular weight excluding hydrogens is 435 g/mol. The second-order valence-corrected chi connectivity index (χ2v) is 9.15. The van der Waals surface area contributed by atoms with Crippen LogP contribution in [0.4, 0.5) is 0 Å². The number of fused-ring (bicyclic) bond motifs is 1. The van der Waals surface area contributed by atoms with Gasteiger partial charge < -0.3 is 14.8 Å². The van der Waals surface area contributed by atoms with Crippen molar-refractivity contribution >= 4 is 31.4 Å². The van der Waals surface area contributed by atoms with Crippen LogP contribution in [0.25, 0.3) is 0 Å². The van der Waals surface area contributed by atoms with E-state index in [0.717, 1.165) is 21.8 Å². The van der Waals surface area contributed by atoms with E-state index < -0.39 is 17.4 Å². The number of rotatable bonds is 10. The molecule has 0 saturated heterocycles. The first-order valence-corrected chi connectivity index (χ1v) is 11.0. The fraction of sp³-hybridized carbons (Fsp3) is 0.360. The van der Waals surface area contributed by atoms with Crippen molar-refractivity contribution in [3.63, 3.8) is 0 Å². The lowest BCUT2D eigenvalue weighted by Gasteiger charge is -2.23. The van der Waals surface area contributed by atoms with Gasteiger partial charge in [0.25, 0.3) is 19.2 Å². The SMILES string of the molecule is Cc1ccc(CON2C(=O)c3ccccc3C2=O)cc1C[C@@H](CC(=O)OC(C)(C)C)N[B]C=O. The number of benzene rings is 2. The van der Waals surface area contributed by atoms with Gasteiger partial charge in [-0.1, -0.05) is 30.3 Å². The molecule has 0 saturated carbocycles. The number of carbonyl (C=O) groups excluding carboxylic acids is 4. The number of nitrogens with one attached hydrogen (secondary N) is 1. The summed E-state index contributed by atoms with van der Waals surface area (Å²) < 4.78 is 5.41. The summed E-state index contributed by atoms with van der Waals surface area (Å²) in [6.45, 7) is 7.36. The van der Waals surface area contributed by atoms with E-state index in [1.54, 1.807) is 45.0 Å². The standard InChI is InChI=1S/C25H28BN2O6/c1-16-9-10-17(14-33-28-23(31)20-7-5-6-8-21(20)24(28)32)11-18(16)12-19(27-26-15-29)13-22(30)34-25(2,3)4/h5-11,15,19,27H,12-14H2,1-4H3/t19-/m0/s1. The van der Waals surface area contributed by atoms with Crippen LogP contribution in [-0.2, 0) is 32.2 Å². The van der Waals surface area contributed by atoms with Gasteiger partial charge in [0.05, 0.1) is 23.7 Å². The second-order valence-electron chi connectivity index (χ2n) is 9.15. The minimum Gasteiger partial charge on any atom is -0.460 e. The van der Waals surface area contributed by atoms with Crippen LogP contribution in [0.1, 0.15) is 64.6 Å². The molecule has 8 nitrogen and oxygen atoms in total. The highest BCUT2D eigenvalue weighted by atomic mass is 16.7. The third kappa shape index (κ3) is 6.39. The number of carbonyl (C=O) groups is 4. The summed E-state index contributed by atoms with van der Waals surface area (Å²) in [5.74, 6) is -1.34. The number of amides is 2. The second kappa shape index (κ2) is 10.8. The monoisotopic (exact) mass is 463 g/mol. The Morgan fingerprint density at radius 2 is 1.76 bits per heavy atom. The van der Waals surface area contributed by atoms with E-state index in [-0.39, 0.29) is 25.0 Å². The lowest BCUT2D eigenvalue weighted by Crippen LogP contribution is -2.38. The summed E-state index contributed by atoms with van der Waals surface area (Å²) in [4.78, 5) is 53.7. The Labute approximate surface area is 199 Å². The van der Waals surface area contributed by atoms with Gasteiger partial charge in [-0.2, -0.15) is 0 Å². The van der Waals surface area contributed by atoms with Crippen molar-refractivity contribution in [1.82, 2.24) is 10.3 Å². The van der Waals surface area contributed by atoms with Gasteiger partial charge in [-0.3, -0.25) is 19.2 Å². The van der Waals surface area contributed by atoms with E-state index >= 15 is 0 Å². The zero-order chi connectivity index (χ0) is 24.9. The molecule has 1 radical (unpaired) electrons. The van der Waals surface area contributed by atoms with Gasteiger partial charge in [-0.15, -0.1) is 5.06 Å². The third-order valence-corrected chi connectivity index (χ3v) is 5.23. The number of ether oxygens (including phenoxy) is 1. The molecule has 0 unspecified atom stereocenters. The topological polar surface area (TPSA) is 102 Å². The normalized spacial score (nSPS) is 14.1. The molecule has 2 amide bonds. The van der Waals surface area contributed by atoms with Gasteiger partial charge in [0.2, 0.25) is 0 Å². The highest BCUT2D eigenvalue weighted by Crippen LogP contribution is 2.24. The van der Waals surface area contributed by atoms with Crippen LogP contribution in [-0.4, -0.2) is 48.1 Å². The first-order valence-electron chi connectivity index (χ1n) is 11.0. The van der Waals surface area contributed by atoms with E-state index in [2.05, 4.69) is 5.23 Å².